The number of unbranched alkanes of at least 4 members (excludes halogenated alkanes) is 2. The Morgan fingerprint density at radius 1 is 0.875 bits per heavy atom. The van der Waals surface area contributed by atoms with Gasteiger partial charge in [0.2, 0.25) is 0 Å². The second-order valence-corrected chi connectivity index (χ2v) is 22.8. The fourth-order valence-corrected chi connectivity index (χ4v) is 15.6. The van der Waals surface area contributed by atoms with Gasteiger partial charge in [-0.25, -0.2) is 0 Å². The normalized spacial score (nSPS) is 45.4. The van der Waals surface area contributed by atoms with E-state index in [-0.39, 0.29) is 78.9 Å². The number of carboxylic acids is 1. The number of nitrogens with one attached hydrogen (secondary N) is 1. The summed E-state index contributed by atoms with van der Waals surface area (Å²) in [6.07, 6.45) is 5.78. The molecule has 4 saturated carbocycles. The maximum atomic E-state index is 13.9. The van der Waals surface area contributed by atoms with Crippen LogP contribution in [0.3, 0.4) is 0 Å². The summed E-state index contributed by atoms with van der Waals surface area (Å²) in [6.45, 7) is 14.4. The van der Waals surface area contributed by atoms with Gasteiger partial charge in [-0.3, -0.25) is 4.79 Å². The molecular weight excluding hydrogens is 815 g/mol. The summed E-state index contributed by atoms with van der Waals surface area (Å²) < 4.78 is 19.8. The highest BCUT2D eigenvalue weighted by atomic mass is 16.7. The lowest BCUT2D eigenvalue weighted by Gasteiger charge is -2.74. The van der Waals surface area contributed by atoms with Crippen LogP contribution in [0.15, 0.2) is 35.9 Å². The van der Waals surface area contributed by atoms with E-state index in [1.807, 2.05) is 7.05 Å². The topological polar surface area (TPSA) is 198 Å². The average molecular weight is 898 g/mol. The third-order valence-corrected chi connectivity index (χ3v) is 19.1. The van der Waals surface area contributed by atoms with Gasteiger partial charge in [-0.2, -0.15) is 0 Å². The molecule has 5 aliphatic carbocycles. The lowest BCUT2D eigenvalue weighted by molar-refractivity contribution is -0.334. The van der Waals surface area contributed by atoms with Crippen molar-refractivity contribution in [3.63, 3.8) is 0 Å². The maximum Gasteiger partial charge on any atom is 0.310 e. The number of ether oxygens (including phenoxy) is 3. The quantitative estimate of drug-likeness (QED) is 0.0490. The standard InChI is InChI=1S/C52H83NO11/c1-8-9-10-13-35-24-52(46(60)61)21-20-47(2,30-55)25-37(52)36-23-34(12-11-22-54)43-48(3)26-39(62-28-33-16-14-32(15-17-33)27-53-7)44(64-45-42(59)41(58)38(57)29-63-45)49(4,31-56)40(48)18-19-50(43,5)51(35,36)6/h14-17,23,34-35,37-45,53-59H,8-13,18-22,24-31H2,1-7H3,(H,60,61)/t34-,35+,37+,38-,39-,40+,41+,42-,43-,44-,45+,47+,48+,49+,50-,51-,52+/m1/s1. The molecule has 0 unspecified atom stereocenters. The zero-order chi connectivity index (χ0) is 46.5. The Morgan fingerprint density at radius 2 is 1.59 bits per heavy atom. The average Bonchev–Trinajstić information content (AvgIpc) is 3.27. The highest BCUT2D eigenvalue weighted by molar-refractivity contribution is 5.77. The first kappa shape index (κ1) is 49.9. The van der Waals surface area contributed by atoms with Gasteiger partial charge in [-0.05, 0) is 134 Å². The monoisotopic (exact) mass is 898 g/mol. The van der Waals surface area contributed by atoms with Crippen LogP contribution in [0.2, 0.25) is 0 Å². The van der Waals surface area contributed by atoms with E-state index in [9.17, 15) is 40.5 Å². The number of hydrogen-bond donors (Lipinski definition) is 8. The van der Waals surface area contributed by atoms with Gasteiger partial charge in [0.15, 0.2) is 6.29 Å². The summed E-state index contributed by atoms with van der Waals surface area (Å²) in [7, 11) is 1.92. The molecule has 17 atom stereocenters. The number of rotatable bonds is 17. The molecule has 1 aromatic carbocycles. The van der Waals surface area contributed by atoms with Crippen LogP contribution in [0.25, 0.3) is 0 Å². The second kappa shape index (κ2) is 19.2. The molecule has 7 rings (SSSR count). The van der Waals surface area contributed by atoms with Crippen LogP contribution >= 0.6 is 0 Å². The summed E-state index contributed by atoms with van der Waals surface area (Å²) in [5.74, 6) is -0.828. The Hall–Kier alpha value is -1.97. The first-order valence-corrected chi connectivity index (χ1v) is 24.8. The number of aliphatic hydroxyl groups excluding tert-OH is 6. The van der Waals surface area contributed by atoms with Crippen LogP contribution in [-0.2, 0) is 32.2 Å². The van der Waals surface area contributed by atoms with E-state index in [2.05, 4.69) is 77.2 Å². The van der Waals surface area contributed by atoms with E-state index < -0.39 is 59.0 Å². The van der Waals surface area contributed by atoms with Crippen LogP contribution in [0.4, 0.5) is 0 Å². The van der Waals surface area contributed by atoms with Crippen molar-refractivity contribution in [1.82, 2.24) is 5.32 Å². The summed E-state index contributed by atoms with van der Waals surface area (Å²) >= 11 is 0. The molecule has 6 aliphatic rings. The van der Waals surface area contributed by atoms with Crippen molar-refractivity contribution in [1.29, 1.82) is 0 Å². The summed E-state index contributed by atoms with van der Waals surface area (Å²) in [4.78, 5) is 13.9. The minimum absolute atomic E-state index is 0.00265. The zero-order valence-corrected chi connectivity index (χ0v) is 39.9. The fourth-order valence-electron chi connectivity index (χ4n) is 15.6. The van der Waals surface area contributed by atoms with Crippen molar-refractivity contribution in [2.75, 3.05) is 33.5 Å². The number of carbonyl (C=O) groups is 1. The van der Waals surface area contributed by atoms with Gasteiger partial charge in [0.1, 0.15) is 18.3 Å². The highest BCUT2D eigenvalue weighted by Gasteiger charge is 2.74. The second-order valence-electron chi connectivity index (χ2n) is 22.8. The predicted octanol–water partition coefficient (Wildman–Crippen LogP) is 6.36. The van der Waals surface area contributed by atoms with Crippen LogP contribution in [0, 0.1) is 62.1 Å². The largest absolute Gasteiger partial charge is 0.481 e. The van der Waals surface area contributed by atoms with E-state index in [0.29, 0.717) is 38.5 Å². The van der Waals surface area contributed by atoms with Crippen LogP contribution in [0.1, 0.15) is 136 Å². The Balaban J connectivity index is 1.37. The number of benzene rings is 1. The first-order valence-electron chi connectivity index (χ1n) is 24.8. The summed E-state index contributed by atoms with van der Waals surface area (Å²) in [5, 5.41) is 80.0. The third-order valence-electron chi connectivity index (χ3n) is 19.1. The van der Waals surface area contributed by atoms with E-state index in [1.54, 1.807) is 0 Å². The number of aliphatic hydroxyl groups is 6. The minimum Gasteiger partial charge on any atom is -0.481 e. The predicted molar refractivity (Wildman–Crippen MR) is 244 cm³/mol. The van der Waals surface area contributed by atoms with Crippen molar-refractivity contribution in [3.8, 4) is 0 Å². The molecule has 0 radical (unpaired) electrons. The molecule has 0 spiro atoms. The number of aliphatic carboxylic acids is 1. The number of allylic oxidation sites excluding steroid dienone is 2. The Kier molecular flexibility index (Phi) is 15.0. The van der Waals surface area contributed by atoms with Gasteiger partial charge in [0.05, 0.1) is 37.4 Å². The molecule has 1 aromatic rings. The molecule has 64 heavy (non-hydrogen) atoms. The van der Waals surface area contributed by atoms with Crippen molar-refractivity contribution in [2.45, 2.75) is 175 Å². The molecule has 1 saturated heterocycles. The third kappa shape index (κ3) is 8.27. The molecule has 0 bridgehead atoms. The minimum atomic E-state index is -1.51. The molecule has 0 aromatic heterocycles. The van der Waals surface area contributed by atoms with Crippen molar-refractivity contribution in [2.24, 2.45) is 62.1 Å². The Labute approximate surface area is 382 Å². The molecule has 8 N–H and O–H groups in total. The van der Waals surface area contributed by atoms with E-state index >= 15 is 0 Å². The Bertz CT molecular complexity index is 1790. The van der Waals surface area contributed by atoms with E-state index in [0.717, 1.165) is 62.6 Å². The lowest BCUT2D eigenvalue weighted by atomic mass is 9.30. The fraction of sp³-hybridized carbons (Fsp3) is 0.827. The van der Waals surface area contributed by atoms with Gasteiger partial charge in [-0.1, -0.05) is 96.7 Å². The van der Waals surface area contributed by atoms with Crippen LogP contribution in [0.5, 0.6) is 0 Å². The van der Waals surface area contributed by atoms with Gasteiger partial charge in [0.25, 0.3) is 0 Å². The smallest absolute Gasteiger partial charge is 0.310 e. The molecular formula is C52H83NO11. The summed E-state index contributed by atoms with van der Waals surface area (Å²) in [5.41, 5.74) is 0.0959. The molecule has 5 fully saturated rings. The van der Waals surface area contributed by atoms with Gasteiger partial charge in [-0.15, -0.1) is 0 Å². The maximum absolute atomic E-state index is 13.9. The number of fused-ring (bicyclic) bond motifs is 7. The number of carboxylic acid groups (broad SMARTS) is 1. The molecule has 362 valence electrons. The molecule has 0 amide bonds. The van der Waals surface area contributed by atoms with Crippen molar-refractivity contribution in [3.05, 3.63) is 47.0 Å². The van der Waals surface area contributed by atoms with Crippen LogP contribution < -0.4 is 5.32 Å². The van der Waals surface area contributed by atoms with Crippen LogP contribution in [-0.4, -0.2) is 112 Å². The SMILES string of the molecule is CCCCC[C@H]1C[C@@]2(C(=O)O)CC[C@](C)(CO)C[C@H]2C2=C[C@@H](CCCO)[C@@H]3[C@@]4(C)C[C@@H](OCc5ccc(CNC)cc5)[C@@H](O[C@@H]5OC[C@@H](O)[C@H](O)[C@H]5O)[C@@](C)(CO)[C@H]4CC[C@@]3(C)[C@@]21C. The van der Waals surface area contributed by atoms with Gasteiger partial charge < -0.3 is 55.3 Å². The first-order chi connectivity index (χ1) is 30.4. The van der Waals surface area contributed by atoms with Crippen molar-refractivity contribution >= 4 is 5.97 Å². The van der Waals surface area contributed by atoms with Gasteiger partial charge in [0, 0.05) is 25.2 Å². The zero-order valence-electron chi connectivity index (χ0n) is 39.9. The molecule has 12 heteroatoms. The molecule has 12 nitrogen and oxygen atoms in total. The Morgan fingerprint density at radius 3 is 2.23 bits per heavy atom. The van der Waals surface area contributed by atoms with Gasteiger partial charge >= 0.3 is 5.97 Å². The highest BCUT2D eigenvalue weighted by Crippen LogP contribution is 2.78. The number of hydrogen-bond acceptors (Lipinski definition) is 11. The van der Waals surface area contributed by atoms with E-state index in [1.165, 1.54) is 5.57 Å². The summed E-state index contributed by atoms with van der Waals surface area (Å²) in [6, 6.07) is 8.29. The molecule has 1 heterocycles. The van der Waals surface area contributed by atoms with E-state index in [4.69, 9.17) is 14.2 Å². The lowest BCUT2D eigenvalue weighted by Crippen LogP contribution is -2.71. The molecule has 1 aliphatic heterocycles. The van der Waals surface area contributed by atoms with Crippen molar-refractivity contribution < 1.29 is 54.8 Å².